The number of nitrogens with zero attached hydrogens (tertiary/aromatic N) is 12. The first kappa shape index (κ1) is 51.2. The van der Waals surface area contributed by atoms with Gasteiger partial charge in [0.05, 0.1) is 12.5 Å². The molecule has 8 heterocycles. The highest BCUT2D eigenvalue weighted by Gasteiger charge is 2.19. The molecule has 7 N–H and O–H groups in total. The largest absolute Gasteiger partial charge is 0.492 e. The number of sulfone groups is 1. The molecule has 2 saturated heterocycles. The second-order valence-corrected chi connectivity index (χ2v) is 19.4. The number of nitrogens with one attached hydrogen (secondary N) is 1. The van der Waals surface area contributed by atoms with Crippen LogP contribution in [0.25, 0.3) is 34.7 Å². The Morgan fingerprint density at radius 3 is 1.53 bits per heavy atom. The molecule has 2 aromatic carbocycles. The number of fused-ring (bicyclic) bond motifs is 2. The molecule has 2 aliphatic rings. The van der Waals surface area contributed by atoms with Crippen LogP contribution < -0.4 is 32.0 Å². The molecule has 0 bridgehead atoms. The molecular formula is C49H64N16O6S. The van der Waals surface area contributed by atoms with Crippen molar-refractivity contribution in [2.24, 2.45) is 5.73 Å². The van der Waals surface area contributed by atoms with E-state index in [4.69, 9.17) is 35.5 Å². The lowest BCUT2D eigenvalue weighted by Gasteiger charge is -2.19. The minimum absolute atomic E-state index is 0.0410. The van der Waals surface area contributed by atoms with Crippen LogP contribution in [0.4, 0.5) is 17.8 Å². The van der Waals surface area contributed by atoms with E-state index in [2.05, 4.69) is 79.5 Å². The zero-order chi connectivity index (χ0) is 50.1. The molecule has 23 heteroatoms. The van der Waals surface area contributed by atoms with Crippen molar-refractivity contribution in [3.8, 4) is 34.7 Å². The summed E-state index contributed by atoms with van der Waals surface area (Å²) in [5, 5.41) is 11.2. The number of anilines is 3. The van der Waals surface area contributed by atoms with Gasteiger partial charge in [-0.25, -0.2) is 8.42 Å². The monoisotopic (exact) mass is 1000 g/mol. The van der Waals surface area contributed by atoms with E-state index in [1.807, 2.05) is 24.3 Å². The SMILES string of the molecule is CS(=O)(=O)c1nc(N)n2nc(-c3ccco3)nc2n1.NCCc1ccc(OCCN2CCCCCC2)cc1.Nc1nc(NCCc2ccc(OCCN3CCCCCC3)cc2)nc2nc(-c3ccco3)nn12. The second-order valence-electron chi connectivity index (χ2n) is 17.5. The fourth-order valence-electron chi connectivity index (χ4n) is 8.15. The van der Waals surface area contributed by atoms with Crippen LogP contribution in [-0.2, 0) is 22.7 Å². The Kier molecular flexibility index (Phi) is 17.9. The molecular weight excluding hydrogens is 941 g/mol. The predicted octanol–water partition coefficient (Wildman–Crippen LogP) is 5.48. The van der Waals surface area contributed by atoms with Crippen LogP contribution in [-0.4, -0.2) is 139 Å². The van der Waals surface area contributed by atoms with Crippen LogP contribution in [0.5, 0.6) is 11.5 Å². The molecule has 8 aromatic rings. The van der Waals surface area contributed by atoms with Crippen molar-refractivity contribution in [2.45, 2.75) is 69.4 Å². The third-order valence-corrected chi connectivity index (χ3v) is 12.8. The third-order valence-electron chi connectivity index (χ3n) is 12.0. The fraction of sp³-hybridized carbons (Fsp3) is 0.429. The summed E-state index contributed by atoms with van der Waals surface area (Å²) in [5.41, 5.74) is 19.7. The van der Waals surface area contributed by atoms with Crippen molar-refractivity contribution in [2.75, 3.05) is 88.6 Å². The molecule has 0 amide bonds. The standard InChI is InChI=1S/C24H30N8O2.C16H26N2O.C9H8N6O3S/c25-22-28-23(29-24-27-21(30-32(22)24)20-6-5-16-34-20)26-12-11-18-7-9-19(10-8-18)33-17-15-31-13-3-1-2-4-14-31;17-10-9-15-5-7-16(8-6-15)19-14-13-18-11-3-1-2-4-12-18;1-19(16,17)9-12-7(10)15-8(13-9)11-6(14-15)5-3-2-4-18-5/h5-10,16H,1-4,11-15,17H2,(H3,25,26,27,28,29,30);5-8H,1-4,9-14,17H2;2-4H,1H3,(H2,10,11,12,13,14). The summed E-state index contributed by atoms with van der Waals surface area (Å²) >= 11 is 0. The molecule has 10 rings (SSSR count). The quantitative estimate of drug-likeness (QED) is 0.0878. The van der Waals surface area contributed by atoms with Gasteiger partial charge in [-0.05, 0) is 131 Å². The Morgan fingerprint density at radius 2 is 1.07 bits per heavy atom. The van der Waals surface area contributed by atoms with Gasteiger partial charge in [-0.3, -0.25) is 9.80 Å². The van der Waals surface area contributed by atoms with E-state index < -0.39 is 15.0 Å². The van der Waals surface area contributed by atoms with Crippen LogP contribution in [0, 0.1) is 0 Å². The maximum atomic E-state index is 11.4. The van der Waals surface area contributed by atoms with E-state index in [0.717, 1.165) is 61.4 Å². The predicted molar refractivity (Wildman–Crippen MR) is 273 cm³/mol. The molecule has 2 aliphatic heterocycles. The van der Waals surface area contributed by atoms with Crippen molar-refractivity contribution in [3.63, 3.8) is 0 Å². The summed E-state index contributed by atoms with van der Waals surface area (Å²) < 4.78 is 47.6. The fourth-order valence-corrected chi connectivity index (χ4v) is 8.66. The van der Waals surface area contributed by atoms with Gasteiger partial charge in [-0.15, -0.1) is 10.2 Å². The van der Waals surface area contributed by atoms with Crippen molar-refractivity contribution >= 4 is 39.2 Å². The van der Waals surface area contributed by atoms with Crippen LogP contribution in [0.15, 0.2) is 99.3 Å². The van der Waals surface area contributed by atoms with Gasteiger partial charge in [0.15, 0.2) is 11.5 Å². The van der Waals surface area contributed by atoms with E-state index >= 15 is 0 Å². The number of hydrogen-bond donors (Lipinski definition) is 4. The molecule has 0 radical (unpaired) electrons. The van der Waals surface area contributed by atoms with Gasteiger partial charge in [0.1, 0.15) is 24.7 Å². The molecule has 0 atom stereocenters. The number of ether oxygens (including phenoxy) is 2. The smallest absolute Gasteiger partial charge is 0.259 e. The number of rotatable bonds is 17. The third kappa shape index (κ3) is 14.7. The Hall–Kier alpha value is -7.21. The topological polar surface area (TPSA) is 287 Å². The number of nitrogen functional groups attached to an aromatic ring is 2. The summed E-state index contributed by atoms with van der Waals surface area (Å²) in [4.78, 5) is 29.6. The van der Waals surface area contributed by atoms with Crippen molar-refractivity contribution in [1.29, 1.82) is 0 Å². The molecule has 0 aliphatic carbocycles. The second kappa shape index (κ2) is 25.3. The minimum Gasteiger partial charge on any atom is -0.492 e. The van der Waals surface area contributed by atoms with Gasteiger partial charge in [-0.1, -0.05) is 49.9 Å². The average Bonchev–Trinajstić information content (AvgIpc) is 4.20. The summed E-state index contributed by atoms with van der Waals surface area (Å²) in [6.07, 6.45) is 16.6. The summed E-state index contributed by atoms with van der Waals surface area (Å²) in [6.45, 7) is 9.78. The first-order chi connectivity index (χ1) is 35.1. The number of benzene rings is 2. The minimum atomic E-state index is -3.57. The zero-order valence-corrected chi connectivity index (χ0v) is 41.5. The number of nitrogens with two attached hydrogens (primary N) is 3. The number of hydrogen-bond acceptors (Lipinski definition) is 20. The highest BCUT2D eigenvalue weighted by molar-refractivity contribution is 7.90. The summed E-state index contributed by atoms with van der Waals surface area (Å²) in [7, 11) is -3.57. The zero-order valence-electron chi connectivity index (χ0n) is 40.7. The van der Waals surface area contributed by atoms with E-state index in [-0.39, 0.29) is 23.5 Å². The normalized spacial score (nSPS) is 14.7. The van der Waals surface area contributed by atoms with Crippen LogP contribution >= 0.6 is 0 Å². The maximum Gasteiger partial charge on any atom is 0.259 e. The van der Waals surface area contributed by atoms with Crippen molar-refractivity contribution in [3.05, 3.63) is 96.4 Å². The van der Waals surface area contributed by atoms with Crippen LogP contribution in [0.3, 0.4) is 0 Å². The van der Waals surface area contributed by atoms with E-state index in [9.17, 15) is 8.42 Å². The van der Waals surface area contributed by atoms with Crippen molar-refractivity contribution < 1.29 is 26.7 Å². The molecule has 382 valence electrons. The number of likely N-dealkylation sites (tertiary alicyclic amines) is 2. The lowest BCUT2D eigenvalue weighted by Crippen LogP contribution is -2.29. The Bertz CT molecular complexity index is 2990. The average molecular weight is 1010 g/mol. The Morgan fingerprint density at radius 1 is 0.597 bits per heavy atom. The number of furan rings is 2. The Balaban J connectivity index is 0.000000156. The number of aromatic nitrogens is 10. The highest BCUT2D eigenvalue weighted by atomic mass is 32.2. The molecule has 0 saturated carbocycles. The maximum absolute atomic E-state index is 11.4. The van der Waals surface area contributed by atoms with Crippen LogP contribution in [0.1, 0.15) is 62.5 Å². The van der Waals surface area contributed by atoms with Gasteiger partial charge in [0.25, 0.3) is 16.7 Å². The van der Waals surface area contributed by atoms with Gasteiger partial charge in [-0.2, -0.15) is 38.9 Å². The first-order valence-electron chi connectivity index (χ1n) is 24.5. The van der Waals surface area contributed by atoms with E-state index in [0.29, 0.717) is 42.2 Å². The molecule has 0 spiro atoms. The van der Waals surface area contributed by atoms with Gasteiger partial charge < -0.3 is 40.8 Å². The van der Waals surface area contributed by atoms with Gasteiger partial charge in [0.2, 0.25) is 39.3 Å². The Labute approximate surface area is 418 Å². The molecule has 72 heavy (non-hydrogen) atoms. The molecule has 2 fully saturated rings. The van der Waals surface area contributed by atoms with Gasteiger partial charge >= 0.3 is 0 Å². The van der Waals surface area contributed by atoms with Crippen LogP contribution in [0.2, 0.25) is 0 Å². The van der Waals surface area contributed by atoms with E-state index in [1.165, 1.54) is 99.5 Å². The molecule has 6 aromatic heterocycles. The van der Waals surface area contributed by atoms with Gasteiger partial charge in [0, 0.05) is 25.9 Å². The molecule has 0 unspecified atom stereocenters. The summed E-state index contributed by atoms with van der Waals surface area (Å²) in [6, 6.07) is 23.5. The van der Waals surface area contributed by atoms with E-state index in [1.54, 1.807) is 30.5 Å². The molecule has 22 nitrogen and oxygen atoms in total. The highest BCUT2D eigenvalue weighted by Crippen LogP contribution is 2.20. The lowest BCUT2D eigenvalue weighted by molar-refractivity contribution is 0.214. The summed E-state index contributed by atoms with van der Waals surface area (Å²) in [5.74, 6) is 4.42. The van der Waals surface area contributed by atoms with Crippen molar-refractivity contribution in [1.82, 2.24) is 58.9 Å². The lowest BCUT2D eigenvalue weighted by atomic mass is 10.1. The first-order valence-corrected chi connectivity index (χ1v) is 26.4.